The van der Waals surface area contributed by atoms with Crippen LogP contribution in [0, 0.1) is 11.8 Å². The Hall–Kier alpha value is -3.24. The third-order valence-electron chi connectivity index (χ3n) is 7.94. The molecule has 3 aliphatic heterocycles. The molecule has 2 aromatic rings. The summed E-state index contributed by atoms with van der Waals surface area (Å²) in [5.74, 6) is -0.695. The molecule has 2 unspecified atom stereocenters. The van der Waals surface area contributed by atoms with Crippen molar-refractivity contribution in [3.8, 4) is 11.5 Å². The lowest BCUT2D eigenvalue weighted by atomic mass is 9.66. The molecule has 9 nitrogen and oxygen atoms in total. The molecule has 3 fully saturated rings. The smallest absolute Gasteiger partial charge is 0.248 e. The number of ether oxygens (including phenoxy) is 2. The highest BCUT2D eigenvalue weighted by molar-refractivity contribution is 8.02. The number of hydrogen-bond acceptors (Lipinski definition) is 7. The minimum atomic E-state index is -0.802. The van der Waals surface area contributed by atoms with E-state index in [1.165, 1.54) is 4.90 Å². The van der Waals surface area contributed by atoms with Crippen LogP contribution in [0.3, 0.4) is 0 Å². The average Bonchev–Trinajstić information content (AvgIpc) is 3.47. The van der Waals surface area contributed by atoms with Crippen LogP contribution in [-0.4, -0.2) is 70.1 Å². The third-order valence-corrected chi connectivity index (χ3v) is 9.92. The van der Waals surface area contributed by atoms with Gasteiger partial charge in [-0.1, -0.05) is 0 Å². The lowest BCUT2D eigenvalue weighted by molar-refractivity contribution is -0.139. The van der Waals surface area contributed by atoms with E-state index in [0.717, 1.165) is 0 Å². The van der Waals surface area contributed by atoms with Crippen LogP contribution in [0.4, 0.5) is 11.4 Å². The van der Waals surface area contributed by atoms with Crippen molar-refractivity contribution in [2.75, 3.05) is 37.5 Å². The number of methoxy groups -OCH3 is 1. The molecular formula is C28H33N3O6S. The van der Waals surface area contributed by atoms with E-state index in [1.54, 1.807) is 67.4 Å². The standard InChI is InChI=1S/C28H33N3O6S/c1-4-37-20-11-7-17(8-12-20)29-24(33)21-22-26(35)31(15-16-32)23(28(22)14-13-27(21,2)38-28)25(34)30-18-5-9-19(36-3)10-6-18/h5-12,21-23,32H,4,13-16H2,1-3H3,(H,29,33)(H,30,34)/t21-,22+,23?,27+,28?/m1/s1. The molecule has 2 bridgehead atoms. The lowest BCUT2D eigenvalue weighted by Crippen LogP contribution is -2.52. The van der Waals surface area contributed by atoms with Crippen molar-refractivity contribution in [3.05, 3.63) is 48.5 Å². The molecule has 10 heteroatoms. The number of nitrogens with one attached hydrogen (secondary N) is 2. The molecule has 0 aromatic heterocycles. The van der Waals surface area contributed by atoms with E-state index in [4.69, 9.17) is 9.47 Å². The van der Waals surface area contributed by atoms with Crippen LogP contribution in [0.1, 0.15) is 26.7 Å². The second-order valence-corrected chi connectivity index (χ2v) is 12.0. The highest BCUT2D eigenvalue weighted by Gasteiger charge is 2.77. The first-order valence-electron chi connectivity index (χ1n) is 12.9. The molecule has 3 amide bonds. The number of nitrogens with zero attached hydrogens (tertiary/aromatic N) is 1. The molecule has 1 spiro atoms. The Morgan fingerprint density at radius 3 is 2.21 bits per heavy atom. The first-order valence-corrected chi connectivity index (χ1v) is 13.7. The Morgan fingerprint density at radius 1 is 1.03 bits per heavy atom. The van der Waals surface area contributed by atoms with Crippen molar-refractivity contribution in [2.24, 2.45) is 11.8 Å². The Kier molecular flexibility index (Phi) is 7.04. The van der Waals surface area contributed by atoms with Gasteiger partial charge in [0.15, 0.2) is 0 Å². The largest absolute Gasteiger partial charge is 0.497 e. The van der Waals surface area contributed by atoms with Gasteiger partial charge >= 0.3 is 0 Å². The van der Waals surface area contributed by atoms with E-state index in [2.05, 4.69) is 10.6 Å². The van der Waals surface area contributed by atoms with E-state index >= 15 is 0 Å². The highest BCUT2D eigenvalue weighted by atomic mass is 32.2. The zero-order valence-corrected chi connectivity index (χ0v) is 22.5. The fourth-order valence-corrected chi connectivity index (χ4v) is 8.74. The maximum Gasteiger partial charge on any atom is 0.248 e. The number of benzene rings is 2. The normalized spacial score (nSPS) is 29.2. The van der Waals surface area contributed by atoms with Crippen molar-refractivity contribution < 1.29 is 29.0 Å². The molecule has 5 atom stereocenters. The fourth-order valence-electron chi connectivity index (χ4n) is 6.38. The number of carbonyl (C=O) groups excluding carboxylic acids is 3. The molecule has 3 N–H and O–H groups in total. The molecular weight excluding hydrogens is 506 g/mol. The number of amides is 3. The Bertz CT molecular complexity index is 1220. The van der Waals surface area contributed by atoms with Crippen molar-refractivity contribution in [1.29, 1.82) is 0 Å². The van der Waals surface area contributed by atoms with Crippen molar-refractivity contribution in [3.63, 3.8) is 0 Å². The fraction of sp³-hybridized carbons (Fsp3) is 0.464. The van der Waals surface area contributed by atoms with Crippen LogP contribution in [-0.2, 0) is 14.4 Å². The number of aliphatic hydroxyl groups excluding tert-OH is 1. The lowest BCUT2D eigenvalue weighted by Gasteiger charge is -2.34. The zero-order valence-electron chi connectivity index (χ0n) is 21.7. The third kappa shape index (κ3) is 4.29. The number of thioether (sulfide) groups is 1. The van der Waals surface area contributed by atoms with Crippen LogP contribution >= 0.6 is 11.8 Å². The summed E-state index contributed by atoms with van der Waals surface area (Å²) in [5, 5.41) is 15.7. The SMILES string of the molecule is CCOc1ccc(NC(=O)[C@H]2[C@H]3C(=O)N(CCO)C(C(=O)Nc4ccc(OC)cc4)C34CC[C@]2(C)S4)cc1. The molecule has 0 aliphatic carbocycles. The van der Waals surface area contributed by atoms with E-state index in [9.17, 15) is 19.5 Å². The average molecular weight is 540 g/mol. The van der Waals surface area contributed by atoms with E-state index in [1.807, 2.05) is 13.8 Å². The first kappa shape index (κ1) is 26.4. The zero-order chi connectivity index (χ0) is 27.1. The van der Waals surface area contributed by atoms with Crippen molar-refractivity contribution in [1.82, 2.24) is 4.90 Å². The number of rotatable bonds is 9. The highest BCUT2D eigenvalue weighted by Crippen LogP contribution is 2.71. The van der Waals surface area contributed by atoms with Crippen molar-refractivity contribution in [2.45, 2.75) is 42.2 Å². The van der Waals surface area contributed by atoms with Gasteiger partial charge in [-0.25, -0.2) is 0 Å². The number of hydrogen-bond donors (Lipinski definition) is 3. The molecule has 202 valence electrons. The first-order chi connectivity index (χ1) is 18.3. The summed E-state index contributed by atoms with van der Waals surface area (Å²) in [7, 11) is 1.57. The van der Waals surface area contributed by atoms with E-state index in [-0.39, 0.29) is 30.9 Å². The van der Waals surface area contributed by atoms with Crippen LogP contribution < -0.4 is 20.1 Å². The predicted molar refractivity (Wildman–Crippen MR) is 145 cm³/mol. The van der Waals surface area contributed by atoms with Crippen molar-refractivity contribution >= 4 is 40.9 Å². The van der Waals surface area contributed by atoms with Gasteiger partial charge in [-0.3, -0.25) is 14.4 Å². The summed E-state index contributed by atoms with van der Waals surface area (Å²) in [6.45, 7) is 4.23. The molecule has 5 rings (SSSR count). The summed E-state index contributed by atoms with van der Waals surface area (Å²) >= 11 is 1.59. The number of β-amino-alcohol motifs (C(OH)–C–C–N with tert-alkyl or cyclic N) is 1. The van der Waals surface area contributed by atoms with Gasteiger partial charge in [-0.05, 0) is 75.2 Å². The van der Waals surface area contributed by atoms with Crippen LogP contribution in [0.25, 0.3) is 0 Å². The van der Waals surface area contributed by atoms with E-state index in [0.29, 0.717) is 42.3 Å². The van der Waals surface area contributed by atoms with E-state index < -0.39 is 27.4 Å². The number of anilines is 2. The van der Waals surface area contributed by atoms with Gasteiger partial charge in [-0.15, -0.1) is 11.8 Å². The molecule has 3 aliphatic rings. The van der Waals surface area contributed by atoms with Gasteiger partial charge in [0.1, 0.15) is 17.5 Å². The topological polar surface area (TPSA) is 117 Å². The van der Waals surface area contributed by atoms with Crippen LogP contribution in [0.2, 0.25) is 0 Å². The van der Waals surface area contributed by atoms with Gasteiger partial charge in [0.05, 0.1) is 36.9 Å². The van der Waals surface area contributed by atoms with Gasteiger partial charge in [-0.2, -0.15) is 0 Å². The number of fused-ring (bicyclic) bond motifs is 1. The van der Waals surface area contributed by atoms with Gasteiger partial charge in [0.2, 0.25) is 17.7 Å². The van der Waals surface area contributed by atoms with Gasteiger partial charge < -0.3 is 30.1 Å². The number of carbonyl (C=O) groups is 3. The summed E-state index contributed by atoms with van der Waals surface area (Å²) in [6, 6.07) is 13.3. The van der Waals surface area contributed by atoms with Gasteiger partial charge in [0.25, 0.3) is 0 Å². The number of likely N-dealkylation sites (tertiary alicyclic amines) is 1. The minimum Gasteiger partial charge on any atom is -0.497 e. The summed E-state index contributed by atoms with van der Waals surface area (Å²) in [4.78, 5) is 42.8. The second kappa shape index (κ2) is 10.1. The molecule has 3 heterocycles. The van der Waals surface area contributed by atoms with Crippen LogP contribution in [0.5, 0.6) is 11.5 Å². The molecule has 2 aromatic carbocycles. The maximum atomic E-state index is 13.8. The monoisotopic (exact) mass is 539 g/mol. The predicted octanol–water partition coefficient (Wildman–Crippen LogP) is 3.14. The molecule has 38 heavy (non-hydrogen) atoms. The second-order valence-electron chi connectivity index (χ2n) is 10.1. The molecule has 3 saturated heterocycles. The minimum absolute atomic E-state index is 0.0300. The molecule has 0 radical (unpaired) electrons. The summed E-state index contributed by atoms with van der Waals surface area (Å²) in [5.41, 5.74) is 1.20. The maximum absolute atomic E-state index is 13.8. The quantitative estimate of drug-likeness (QED) is 0.448. The Morgan fingerprint density at radius 2 is 1.63 bits per heavy atom. The molecule has 0 saturated carbocycles. The summed E-state index contributed by atoms with van der Waals surface area (Å²) in [6.07, 6.45) is 1.35. The Balaban J connectivity index is 1.42. The number of aliphatic hydroxyl groups is 1. The van der Waals surface area contributed by atoms with Crippen LogP contribution in [0.15, 0.2) is 48.5 Å². The Labute approximate surface area is 226 Å². The van der Waals surface area contributed by atoms with Gasteiger partial charge in [0, 0.05) is 22.7 Å². The summed E-state index contributed by atoms with van der Waals surface area (Å²) < 4.78 is 9.44.